The minimum absolute atomic E-state index is 0.0252. The summed E-state index contributed by atoms with van der Waals surface area (Å²) in [6, 6.07) is 6.62. The molecule has 0 aromatic heterocycles. The van der Waals surface area contributed by atoms with E-state index in [2.05, 4.69) is 0 Å². The Morgan fingerprint density at radius 1 is 1.30 bits per heavy atom. The molecule has 0 aliphatic carbocycles. The SMILES string of the molecule is C[C@@H]1CCC[C@H](C)N1S(=O)(=O)c1cccc(C(N)=S)c1. The average Bonchev–Trinajstić information content (AvgIpc) is 2.38. The highest BCUT2D eigenvalue weighted by molar-refractivity contribution is 7.89. The van der Waals surface area contributed by atoms with E-state index in [-0.39, 0.29) is 22.0 Å². The molecule has 1 aliphatic heterocycles. The van der Waals surface area contributed by atoms with Gasteiger partial charge in [-0.05, 0) is 38.8 Å². The van der Waals surface area contributed by atoms with Crippen LogP contribution in [0.15, 0.2) is 29.2 Å². The van der Waals surface area contributed by atoms with E-state index in [0.29, 0.717) is 5.56 Å². The second-order valence-corrected chi connectivity index (χ2v) is 7.64. The van der Waals surface area contributed by atoms with E-state index in [0.717, 1.165) is 19.3 Å². The monoisotopic (exact) mass is 312 g/mol. The first-order chi connectivity index (χ1) is 9.34. The van der Waals surface area contributed by atoms with Crippen LogP contribution >= 0.6 is 12.2 Å². The first-order valence-electron chi connectivity index (χ1n) is 6.77. The van der Waals surface area contributed by atoms with Gasteiger partial charge < -0.3 is 5.73 Å². The first-order valence-corrected chi connectivity index (χ1v) is 8.62. The summed E-state index contributed by atoms with van der Waals surface area (Å²) in [4.78, 5) is 0.477. The molecule has 1 heterocycles. The van der Waals surface area contributed by atoms with Gasteiger partial charge in [0.15, 0.2) is 0 Å². The van der Waals surface area contributed by atoms with Crippen LogP contribution in [-0.2, 0) is 10.0 Å². The number of piperidine rings is 1. The van der Waals surface area contributed by atoms with E-state index in [9.17, 15) is 8.42 Å². The number of hydrogen-bond acceptors (Lipinski definition) is 3. The summed E-state index contributed by atoms with van der Waals surface area (Å²) in [7, 11) is -3.50. The molecule has 20 heavy (non-hydrogen) atoms. The molecule has 6 heteroatoms. The molecule has 2 N–H and O–H groups in total. The number of sulfonamides is 1. The van der Waals surface area contributed by atoms with Crippen molar-refractivity contribution in [1.82, 2.24) is 4.31 Å². The maximum Gasteiger partial charge on any atom is 0.243 e. The van der Waals surface area contributed by atoms with Gasteiger partial charge >= 0.3 is 0 Å². The summed E-state index contributed by atoms with van der Waals surface area (Å²) >= 11 is 4.92. The van der Waals surface area contributed by atoms with Gasteiger partial charge in [-0.3, -0.25) is 0 Å². The van der Waals surface area contributed by atoms with E-state index >= 15 is 0 Å². The average molecular weight is 312 g/mol. The normalized spacial score (nSPS) is 24.5. The van der Waals surface area contributed by atoms with Crippen LogP contribution < -0.4 is 5.73 Å². The van der Waals surface area contributed by atoms with Crippen molar-refractivity contribution in [3.05, 3.63) is 29.8 Å². The number of nitrogens with zero attached hydrogens (tertiary/aromatic N) is 1. The zero-order valence-electron chi connectivity index (χ0n) is 11.7. The number of thiocarbonyl (C=S) groups is 1. The van der Waals surface area contributed by atoms with Crippen LogP contribution in [0.3, 0.4) is 0 Å². The maximum atomic E-state index is 12.8. The minimum Gasteiger partial charge on any atom is -0.389 e. The van der Waals surface area contributed by atoms with Crippen LogP contribution in [0.2, 0.25) is 0 Å². The van der Waals surface area contributed by atoms with E-state index in [1.165, 1.54) is 0 Å². The highest BCUT2D eigenvalue weighted by Crippen LogP contribution is 2.29. The lowest BCUT2D eigenvalue weighted by atomic mass is 10.0. The van der Waals surface area contributed by atoms with Crippen LogP contribution in [0.5, 0.6) is 0 Å². The predicted octanol–water partition coefficient (Wildman–Crippen LogP) is 2.27. The van der Waals surface area contributed by atoms with Gasteiger partial charge in [0.2, 0.25) is 10.0 Å². The first kappa shape index (κ1) is 15.4. The Labute approximate surface area is 126 Å². The molecule has 1 aliphatic rings. The van der Waals surface area contributed by atoms with Gasteiger partial charge in [-0.1, -0.05) is 30.8 Å². The third-order valence-electron chi connectivity index (χ3n) is 3.81. The Balaban J connectivity index is 2.44. The summed E-state index contributed by atoms with van der Waals surface area (Å²) in [6.45, 7) is 3.93. The number of hydrogen-bond donors (Lipinski definition) is 1. The Kier molecular flexibility index (Phi) is 4.46. The molecular formula is C14H20N2O2S2. The summed E-state index contributed by atoms with van der Waals surface area (Å²) in [5.41, 5.74) is 6.16. The van der Waals surface area contributed by atoms with Gasteiger partial charge in [-0.15, -0.1) is 0 Å². The quantitative estimate of drug-likeness (QED) is 0.870. The lowest BCUT2D eigenvalue weighted by molar-refractivity contribution is 0.204. The lowest BCUT2D eigenvalue weighted by Gasteiger charge is -2.37. The molecule has 110 valence electrons. The summed E-state index contributed by atoms with van der Waals surface area (Å²) in [5, 5.41) is 0. The third-order valence-corrected chi connectivity index (χ3v) is 6.17. The zero-order valence-corrected chi connectivity index (χ0v) is 13.4. The van der Waals surface area contributed by atoms with E-state index < -0.39 is 10.0 Å². The van der Waals surface area contributed by atoms with Crippen molar-refractivity contribution in [1.29, 1.82) is 0 Å². The standard InChI is InChI=1S/C14H20N2O2S2/c1-10-5-3-6-11(2)16(10)20(17,18)13-8-4-7-12(9-13)14(15)19/h4,7-11H,3,5-6H2,1-2H3,(H2,15,19)/t10-,11+. The number of benzene rings is 1. The topological polar surface area (TPSA) is 63.4 Å². The molecule has 4 nitrogen and oxygen atoms in total. The van der Waals surface area contributed by atoms with Crippen molar-refractivity contribution >= 4 is 27.2 Å². The molecule has 2 atom stereocenters. The fourth-order valence-electron chi connectivity index (χ4n) is 2.80. The van der Waals surface area contributed by atoms with E-state index in [4.69, 9.17) is 18.0 Å². The Hall–Kier alpha value is -0.980. The largest absolute Gasteiger partial charge is 0.389 e. The van der Waals surface area contributed by atoms with Crippen molar-refractivity contribution in [2.24, 2.45) is 5.73 Å². The van der Waals surface area contributed by atoms with Crippen LogP contribution in [-0.4, -0.2) is 29.8 Å². The lowest BCUT2D eigenvalue weighted by Crippen LogP contribution is -2.47. The molecule has 0 spiro atoms. The number of rotatable bonds is 3. The molecule has 0 saturated carbocycles. The van der Waals surface area contributed by atoms with Gasteiger partial charge in [-0.2, -0.15) is 4.31 Å². The molecule has 0 amide bonds. The van der Waals surface area contributed by atoms with Gasteiger partial charge in [0.05, 0.1) is 4.90 Å². The smallest absolute Gasteiger partial charge is 0.243 e. The van der Waals surface area contributed by atoms with Gasteiger partial charge in [0, 0.05) is 17.6 Å². The Morgan fingerprint density at radius 3 is 2.45 bits per heavy atom. The van der Waals surface area contributed by atoms with E-state index in [1.807, 2.05) is 13.8 Å². The summed E-state index contributed by atoms with van der Waals surface area (Å²) < 4.78 is 27.3. The van der Waals surface area contributed by atoms with Crippen LogP contribution in [0, 0.1) is 0 Å². The third kappa shape index (κ3) is 2.87. The number of nitrogens with two attached hydrogens (primary N) is 1. The van der Waals surface area contributed by atoms with Gasteiger partial charge in [0.25, 0.3) is 0 Å². The van der Waals surface area contributed by atoms with Gasteiger partial charge in [0.1, 0.15) is 4.99 Å². The molecule has 0 radical (unpaired) electrons. The van der Waals surface area contributed by atoms with Gasteiger partial charge in [-0.25, -0.2) is 8.42 Å². The second kappa shape index (κ2) is 5.79. The van der Waals surface area contributed by atoms with Crippen molar-refractivity contribution in [2.75, 3.05) is 0 Å². The summed E-state index contributed by atoms with van der Waals surface area (Å²) in [6.07, 6.45) is 2.87. The Morgan fingerprint density at radius 2 is 1.90 bits per heavy atom. The molecule has 1 fully saturated rings. The maximum absolute atomic E-state index is 12.8. The summed E-state index contributed by atoms with van der Waals surface area (Å²) in [5.74, 6) is 0. The molecule has 1 aromatic rings. The highest BCUT2D eigenvalue weighted by Gasteiger charge is 2.35. The fourth-order valence-corrected chi connectivity index (χ4v) is 4.86. The second-order valence-electron chi connectivity index (χ2n) is 5.36. The molecule has 2 rings (SSSR count). The molecule has 0 unspecified atom stereocenters. The van der Waals surface area contributed by atoms with Crippen molar-refractivity contribution in [3.8, 4) is 0 Å². The van der Waals surface area contributed by atoms with Crippen molar-refractivity contribution in [2.45, 2.75) is 50.1 Å². The van der Waals surface area contributed by atoms with Crippen molar-refractivity contribution < 1.29 is 8.42 Å². The molecule has 1 aromatic carbocycles. The molecular weight excluding hydrogens is 292 g/mol. The van der Waals surface area contributed by atoms with E-state index in [1.54, 1.807) is 28.6 Å². The van der Waals surface area contributed by atoms with Crippen LogP contribution in [0.4, 0.5) is 0 Å². The molecule has 1 saturated heterocycles. The Bertz CT molecular complexity index is 603. The predicted molar refractivity (Wildman–Crippen MR) is 84.1 cm³/mol. The minimum atomic E-state index is -3.50. The zero-order chi connectivity index (χ0) is 14.9. The van der Waals surface area contributed by atoms with Crippen LogP contribution in [0.1, 0.15) is 38.7 Å². The highest BCUT2D eigenvalue weighted by atomic mass is 32.2. The van der Waals surface area contributed by atoms with Crippen molar-refractivity contribution in [3.63, 3.8) is 0 Å². The fraction of sp³-hybridized carbons (Fsp3) is 0.500. The molecule has 0 bridgehead atoms. The van der Waals surface area contributed by atoms with Crippen LogP contribution in [0.25, 0.3) is 0 Å².